The topological polar surface area (TPSA) is 23.8 Å². The smallest absolute Gasteiger partial charge is 0.0991 e. The van der Waals surface area contributed by atoms with Crippen LogP contribution >= 0.6 is 0 Å². The van der Waals surface area contributed by atoms with Gasteiger partial charge in [0.05, 0.1) is 11.6 Å². The molecule has 1 nitrogen and oxygen atoms in total. The highest BCUT2D eigenvalue weighted by Crippen LogP contribution is 2.25. The van der Waals surface area contributed by atoms with E-state index in [1.807, 2.05) is 18.2 Å². The highest BCUT2D eigenvalue weighted by molar-refractivity contribution is 5.68. The number of aryl methyl sites for hydroxylation is 1. The molecule has 0 aromatic heterocycles. The van der Waals surface area contributed by atoms with E-state index in [0.29, 0.717) is 5.56 Å². The van der Waals surface area contributed by atoms with Crippen LogP contribution in [0.2, 0.25) is 0 Å². The standard InChI is InChI=1S/C19H19N/c1-4-17-9-6-10-18(19(17)14(2)3)12-15-7-5-8-16(11-15)13-20/h5-11H,2,4,12H2,1,3H3. The van der Waals surface area contributed by atoms with Crippen LogP contribution in [0.3, 0.4) is 0 Å². The van der Waals surface area contributed by atoms with Gasteiger partial charge >= 0.3 is 0 Å². The van der Waals surface area contributed by atoms with Crippen LogP contribution in [-0.4, -0.2) is 0 Å². The van der Waals surface area contributed by atoms with Gasteiger partial charge in [0, 0.05) is 0 Å². The van der Waals surface area contributed by atoms with Crippen LogP contribution < -0.4 is 0 Å². The lowest BCUT2D eigenvalue weighted by atomic mass is 9.91. The van der Waals surface area contributed by atoms with E-state index in [9.17, 15) is 0 Å². The lowest BCUT2D eigenvalue weighted by molar-refractivity contribution is 1.09. The molecular weight excluding hydrogens is 242 g/mol. The second-order valence-corrected chi connectivity index (χ2v) is 5.07. The highest BCUT2D eigenvalue weighted by atomic mass is 14.2. The molecule has 0 bridgehead atoms. The Balaban J connectivity index is 2.43. The summed E-state index contributed by atoms with van der Waals surface area (Å²) in [7, 11) is 0. The Morgan fingerprint density at radius 3 is 2.50 bits per heavy atom. The molecule has 0 saturated carbocycles. The minimum Gasteiger partial charge on any atom is -0.192 e. The lowest BCUT2D eigenvalue weighted by Crippen LogP contribution is -1.99. The van der Waals surface area contributed by atoms with Gasteiger partial charge in [-0.25, -0.2) is 0 Å². The predicted octanol–water partition coefficient (Wildman–Crippen LogP) is 4.74. The zero-order valence-corrected chi connectivity index (χ0v) is 12.1. The number of hydrogen-bond donors (Lipinski definition) is 0. The SMILES string of the molecule is C=C(C)c1c(CC)cccc1Cc1cccc(C#N)c1. The van der Waals surface area contributed by atoms with E-state index in [-0.39, 0.29) is 0 Å². The van der Waals surface area contributed by atoms with Gasteiger partial charge in [-0.3, -0.25) is 0 Å². The molecule has 0 aliphatic carbocycles. The number of nitriles is 1. The number of rotatable bonds is 4. The summed E-state index contributed by atoms with van der Waals surface area (Å²) < 4.78 is 0. The number of hydrogen-bond acceptors (Lipinski definition) is 1. The van der Waals surface area contributed by atoms with Crippen molar-refractivity contribution in [1.82, 2.24) is 0 Å². The minimum absolute atomic E-state index is 0.714. The lowest BCUT2D eigenvalue weighted by Gasteiger charge is -2.14. The molecular formula is C19H19N. The van der Waals surface area contributed by atoms with Crippen molar-refractivity contribution in [3.8, 4) is 6.07 Å². The monoisotopic (exact) mass is 261 g/mol. The largest absolute Gasteiger partial charge is 0.192 e. The molecule has 0 aliphatic heterocycles. The molecule has 2 rings (SSSR count). The molecule has 0 atom stereocenters. The van der Waals surface area contributed by atoms with Crippen molar-refractivity contribution >= 4 is 5.57 Å². The fourth-order valence-electron chi connectivity index (χ4n) is 2.61. The van der Waals surface area contributed by atoms with Gasteiger partial charge in [0.25, 0.3) is 0 Å². The Labute approximate surface area is 121 Å². The maximum atomic E-state index is 8.99. The predicted molar refractivity (Wildman–Crippen MR) is 84.5 cm³/mol. The van der Waals surface area contributed by atoms with Gasteiger partial charge in [-0.1, -0.05) is 49.4 Å². The van der Waals surface area contributed by atoms with Crippen molar-refractivity contribution in [3.05, 3.63) is 76.9 Å². The van der Waals surface area contributed by atoms with Crippen molar-refractivity contribution in [2.45, 2.75) is 26.7 Å². The van der Waals surface area contributed by atoms with Crippen molar-refractivity contribution < 1.29 is 0 Å². The second-order valence-electron chi connectivity index (χ2n) is 5.07. The van der Waals surface area contributed by atoms with Crippen LogP contribution in [0.15, 0.2) is 49.0 Å². The number of nitrogens with zero attached hydrogens (tertiary/aromatic N) is 1. The Hall–Kier alpha value is -2.33. The zero-order valence-electron chi connectivity index (χ0n) is 12.1. The number of benzene rings is 2. The molecule has 0 radical (unpaired) electrons. The molecule has 0 amide bonds. The molecule has 2 aromatic carbocycles. The molecule has 0 spiro atoms. The van der Waals surface area contributed by atoms with Crippen LogP contribution in [0.4, 0.5) is 0 Å². The normalized spacial score (nSPS) is 10.1. The minimum atomic E-state index is 0.714. The van der Waals surface area contributed by atoms with E-state index in [1.165, 1.54) is 22.3 Å². The first-order chi connectivity index (χ1) is 9.65. The van der Waals surface area contributed by atoms with Gasteiger partial charge in [-0.05, 0) is 54.2 Å². The van der Waals surface area contributed by atoms with Crippen molar-refractivity contribution in [2.75, 3.05) is 0 Å². The second kappa shape index (κ2) is 6.21. The van der Waals surface area contributed by atoms with Crippen molar-refractivity contribution in [1.29, 1.82) is 5.26 Å². The first-order valence-electron chi connectivity index (χ1n) is 6.91. The first kappa shape index (κ1) is 14.1. The van der Waals surface area contributed by atoms with Gasteiger partial charge in [0.15, 0.2) is 0 Å². The summed E-state index contributed by atoms with van der Waals surface area (Å²) in [5, 5.41) is 8.99. The van der Waals surface area contributed by atoms with E-state index in [1.54, 1.807) is 0 Å². The van der Waals surface area contributed by atoms with E-state index >= 15 is 0 Å². The van der Waals surface area contributed by atoms with Crippen LogP contribution in [0.1, 0.15) is 41.7 Å². The fraction of sp³-hybridized carbons (Fsp3) is 0.211. The maximum Gasteiger partial charge on any atom is 0.0991 e. The van der Waals surface area contributed by atoms with Gasteiger partial charge in [0.2, 0.25) is 0 Å². The van der Waals surface area contributed by atoms with Crippen LogP contribution in [0.25, 0.3) is 5.57 Å². The summed E-state index contributed by atoms with van der Waals surface area (Å²) in [6.45, 7) is 8.35. The quantitative estimate of drug-likeness (QED) is 0.779. The summed E-state index contributed by atoms with van der Waals surface area (Å²) in [6.07, 6.45) is 1.85. The maximum absolute atomic E-state index is 8.99. The van der Waals surface area contributed by atoms with Gasteiger partial charge in [0.1, 0.15) is 0 Å². The summed E-state index contributed by atoms with van der Waals surface area (Å²) in [4.78, 5) is 0. The highest BCUT2D eigenvalue weighted by Gasteiger charge is 2.09. The average molecular weight is 261 g/mol. The summed E-state index contributed by atoms with van der Waals surface area (Å²) in [5.74, 6) is 0. The van der Waals surface area contributed by atoms with E-state index in [2.05, 4.69) is 50.8 Å². The van der Waals surface area contributed by atoms with Gasteiger partial charge in [-0.15, -0.1) is 0 Å². The molecule has 0 saturated heterocycles. The fourth-order valence-corrected chi connectivity index (χ4v) is 2.61. The molecule has 1 heteroatoms. The van der Waals surface area contributed by atoms with E-state index < -0.39 is 0 Å². The molecule has 100 valence electrons. The molecule has 0 N–H and O–H groups in total. The number of allylic oxidation sites excluding steroid dienone is 1. The Morgan fingerprint density at radius 1 is 1.15 bits per heavy atom. The summed E-state index contributed by atoms with van der Waals surface area (Å²) >= 11 is 0. The molecule has 0 unspecified atom stereocenters. The molecule has 2 aromatic rings. The third-order valence-corrected chi connectivity index (χ3v) is 3.50. The Bertz CT molecular complexity index is 674. The Kier molecular flexibility index (Phi) is 4.38. The van der Waals surface area contributed by atoms with E-state index in [4.69, 9.17) is 5.26 Å². The molecule has 20 heavy (non-hydrogen) atoms. The average Bonchev–Trinajstić information content (AvgIpc) is 2.46. The summed E-state index contributed by atoms with van der Waals surface area (Å²) in [6, 6.07) is 16.4. The third-order valence-electron chi connectivity index (χ3n) is 3.50. The first-order valence-corrected chi connectivity index (χ1v) is 6.91. The van der Waals surface area contributed by atoms with E-state index in [0.717, 1.165) is 18.4 Å². The van der Waals surface area contributed by atoms with Crippen LogP contribution in [0, 0.1) is 11.3 Å². The van der Waals surface area contributed by atoms with Crippen LogP contribution in [-0.2, 0) is 12.8 Å². The molecule has 0 heterocycles. The molecule has 0 aliphatic rings. The Morgan fingerprint density at radius 2 is 1.85 bits per heavy atom. The van der Waals surface area contributed by atoms with Crippen LogP contribution in [0.5, 0.6) is 0 Å². The van der Waals surface area contributed by atoms with Crippen molar-refractivity contribution in [2.24, 2.45) is 0 Å². The zero-order chi connectivity index (χ0) is 14.5. The van der Waals surface area contributed by atoms with Gasteiger partial charge in [-0.2, -0.15) is 5.26 Å². The van der Waals surface area contributed by atoms with Crippen molar-refractivity contribution in [3.63, 3.8) is 0 Å². The summed E-state index contributed by atoms with van der Waals surface area (Å²) in [5.41, 5.74) is 6.88. The third kappa shape index (κ3) is 2.97. The molecule has 0 fully saturated rings. The van der Waals surface area contributed by atoms with Gasteiger partial charge < -0.3 is 0 Å².